The Labute approximate surface area is 167 Å². The van der Waals surface area contributed by atoms with Crippen LogP contribution in [0.5, 0.6) is 5.88 Å². The van der Waals surface area contributed by atoms with Gasteiger partial charge >= 0.3 is 0 Å². The molecule has 140 valence electrons. The first kappa shape index (κ1) is 19.1. The van der Waals surface area contributed by atoms with Gasteiger partial charge in [0, 0.05) is 41.4 Å². The smallest absolute Gasteiger partial charge is 0.218 e. The molecule has 2 aromatic heterocycles. The van der Waals surface area contributed by atoms with Crippen LogP contribution >= 0.6 is 23.8 Å². The number of hydrogen-bond donors (Lipinski definition) is 3. The van der Waals surface area contributed by atoms with Gasteiger partial charge in [0.1, 0.15) is 12.1 Å². The summed E-state index contributed by atoms with van der Waals surface area (Å²) >= 11 is 11.3. The van der Waals surface area contributed by atoms with Crippen LogP contribution in [0.15, 0.2) is 42.9 Å². The SMILES string of the molecule is COc1cc(NC(=S)NCCCNc2ccnc3cc(Cl)ccc23)ncn1. The molecule has 1 aromatic carbocycles. The molecule has 3 aromatic rings. The van der Waals surface area contributed by atoms with Crippen LogP contribution in [-0.2, 0) is 0 Å². The first-order valence-corrected chi connectivity index (χ1v) is 9.13. The first-order valence-electron chi connectivity index (χ1n) is 8.35. The minimum Gasteiger partial charge on any atom is -0.481 e. The average Bonchev–Trinajstić information content (AvgIpc) is 2.67. The van der Waals surface area contributed by atoms with Crippen molar-refractivity contribution in [3.8, 4) is 5.88 Å². The number of halogens is 1. The van der Waals surface area contributed by atoms with E-state index in [9.17, 15) is 0 Å². The fourth-order valence-corrected chi connectivity index (χ4v) is 2.84. The Balaban J connectivity index is 1.43. The van der Waals surface area contributed by atoms with Gasteiger partial charge in [0.05, 0.1) is 12.6 Å². The van der Waals surface area contributed by atoms with Crippen LogP contribution in [0.2, 0.25) is 5.02 Å². The third kappa shape index (κ3) is 5.38. The van der Waals surface area contributed by atoms with Crippen LogP contribution in [0, 0.1) is 0 Å². The molecule has 0 fully saturated rings. The molecular formula is C18H19ClN6OS. The van der Waals surface area contributed by atoms with Gasteiger partial charge in [0.2, 0.25) is 5.88 Å². The lowest BCUT2D eigenvalue weighted by atomic mass is 10.2. The van der Waals surface area contributed by atoms with Crippen molar-refractivity contribution >= 4 is 51.3 Å². The van der Waals surface area contributed by atoms with Crippen LogP contribution in [0.4, 0.5) is 11.5 Å². The zero-order valence-electron chi connectivity index (χ0n) is 14.7. The van der Waals surface area contributed by atoms with Crippen LogP contribution in [0.25, 0.3) is 10.9 Å². The van der Waals surface area contributed by atoms with Crippen molar-refractivity contribution in [3.63, 3.8) is 0 Å². The van der Waals surface area contributed by atoms with E-state index in [1.165, 1.54) is 6.33 Å². The summed E-state index contributed by atoms with van der Waals surface area (Å²) in [5.74, 6) is 1.06. The normalized spacial score (nSPS) is 10.4. The summed E-state index contributed by atoms with van der Waals surface area (Å²) in [5.41, 5.74) is 1.90. The zero-order chi connectivity index (χ0) is 19.1. The number of fused-ring (bicyclic) bond motifs is 1. The van der Waals surface area contributed by atoms with Gasteiger partial charge in [-0.05, 0) is 42.9 Å². The Hall–Kier alpha value is -2.71. The molecule has 0 radical (unpaired) electrons. The maximum absolute atomic E-state index is 6.02. The Bertz CT molecular complexity index is 939. The molecule has 0 atom stereocenters. The predicted octanol–water partition coefficient (Wildman–Crippen LogP) is 3.48. The van der Waals surface area contributed by atoms with Crippen molar-refractivity contribution < 1.29 is 4.74 Å². The molecule has 0 saturated carbocycles. The maximum atomic E-state index is 6.02. The van der Waals surface area contributed by atoms with Crippen molar-refractivity contribution in [3.05, 3.63) is 47.9 Å². The highest BCUT2D eigenvalue weighted by Crippen LogP contribution is 2.24. The number of nitrogens with zero attached hydrogens (tertiary/aromatic N) is 3. The number of aromatic nitrogens is 3. The molecule has 27 heavy (non-hydrogen) atoms. The lowest BCUT2D eigenvalue weighted by molar-refractivity contribution is 0.397. The van der Waals surface area contributed by atoms with Gasteiger partial charge in [0.25, 0.3) is 0 Å². The Morgan fingerprint density at radius 3 is 2.89 bits per heavy atom. The molecule has 3 rings (SSSR count). The molecule has 7 nitrogen and oxygen atoms in total. The fraction of sp³-hybridized carbons (Fsp3) is 0.222. The lowest BCUT2D eigenvalue weighted by Crippen LogP contribution is -2.30. The third-order valence-electron chi connectivity index (χ3n) is 3.75. The van der Waals surface area contributed by atoms with E-state index in [-0.39, 0.29) is 0 Å². The average molecular weight is 403 g/mol. The van der Waals surface area contributed by atoms with E-state index >= 15 is 0 Å². The van der Waals surface area contributed by atoms with Gasteiger partial charge in [-0.25, -0.2) is 9.97 Å². The van der Waals surface area contributed by atoms with Crippen LogP contribution in [-0.4, -0.2) is 40.3 Å². The molecule has 0 aliphatic heterocycles. The summed E-state index contributed by atoms with van der Waals surface area (Å²) in [6.07, 6.45) is 4.07. The van der Waals surface area contributed by atoms with Crippen molar-refractivity contribution in [2.75, 3.05) is 30.8 Å². The number of ether oxygens (including phenoxy) is 1. The molecule has 0 aliphatic carbocycles. The quantitative estimate of drug-likeness (QED) is 0.409. The topological polar surface area (TPSA) is 84.0 Å². The first-order chi connectivity index (χ1) is 13.2. The number of thiocarbonyl (C=S) groups is 1. The highest BCUT2D eigenvalue weighted by molar-refractivity contribution is 7.80. The Kier molecular flexibility index (Phi) is 6.56. The van der Waals surface area contributed by atoms with E-state index in [1.54, 1.807) is 19.4 Å². The van der Waals surface area contributed by atoms with Gasteiger partial charge < -0.3 is 20.7 Å². The van der Waals surface area contributed by atoms with Gasteiger partial charge in [-0.1, -0.05) is 11.6 Å². The number of anilines is 2. The summed E-state index contributed by atoms with van der Waals surface area (Å²) in [6.45, 7) is 1.51. The van der Waals surface area contributed by atoms with Crippen LogP contribution < -0.4 is 20.7 Å². The van der Waals surface area contributed by atoms with Gasteiger partial charge in [-0.15, -0.1) is 0 Å². The van der Waals surface area contributed by atoms with Gasteiger partial charge in [0.15, 0.2) is 5.11 Å². The minimum atomic E-state index is 0.477. The van der Waals surface area contributed by atoms with E-state index < -0.39 is 0 Å². The number of rotatable bonds is 7. The fourth-order valence-electron chi connectivity index (χ4n) is 2.47. The highest BCUT2D eigenvalue weighted by atomic mass is 35.5. The molecule has 0 unspecified atom stereocenters. The Morgan fingerprint density at radius 1 is 1.15 bits per heavy atom. The zero-order valence-corrected chi connectivity index (χ0v) is 16.3. The summed E-state index contributed by atoms with van der Waals surface area (Å²) in [7, 11) is 1.55. The second-order valence-electron chi connectivity index (χ2n) is 5.63. The van der Waals surface area contributed by atoms with Crippen LogP contribution in [0.1, 0.15) is 6.42 Å². The van der Waals surface area contributed by atoms with E-state index in [1.807, 2.05) is 24.3 Å². The minimum absolute atomic E-state index is 0.477. The number of nitrogens with one attached hydrogen (secondary N) is 3. The van der Waals surface area contributed by atoms with E-state index in [0.29, 0.717) is 21.8 Å². The maximum Gasteiger partial charge on any atom is 0.218 e. The second kappa shape index (κ2) is 9.29. The van der Waals surface area contributed by atoms with Gasteiger partial charge in [-0.3, -0.25) is 4.98 Å². The summed E-state index contributed by atoms with van der Waals surface area (Å²) in [4.78, 5) is 12.4. The molecule has 2 heterocycles. The molecule has 9 heteroatoms. The van der Waals surface area contributed by atoms with Crippen molar-refractivity contribution in [2.24, 2.45) is 0 Å². The van der Waals surface area contributed by atoms with E-state index in [0.717, 1.165) is 36.1 Å². The summed E-state index contributed by atoms with van der Waals surface area (Å²) in [5, 5.41) is 11.8. The standard InChI is InChI=1S/C18H19ClN6OS/c1-26-17-10-16(23-11-24-17)25-18(27)22-7-2-6-20-14-5-8-21-15-9-12(19)3-4-13(14)15/h3-5,8-11H,2,6-7H2,1H3,(H,20,21)(H2,22,23,24,25,27). The third-order valence-corrected chi connectivity index (χ3v) is 4.23. The molecule has 0 spiro atoms. The van der Waals surface area contributed by atoms with Crippen molar-refractivity contribution in [2.45, 2.75) is 6.42 Å². The van der Waals surface area contributed by atoms with Crippen molar-refractivity contribution in [1.82, 2.24) is 20.3 Å². The highest BCUT2D eigenvalue weighted by Gasteiger charge is 2.03. The monoisotopic (exact) mass is 402 g/mol. The number of hydrogen-bond acceptors (Lipinski definition) is 6. The Morgan fingerprint density at radius 2 is 2.04 bits per heavy atom. The lowest BCUT2D eigenvalue weighted by Gasteiger charge is -2.12. The molecule has 0 aliphatic rings. The predicted molar refractivity (Wildman–Crippen MR) is 113 cm³/mol. The molecule has 3 N–H and O–H groups in total. The number of benzene rings is 1. The van der Waals surface area contributed by atoms with E-state index in [2.05, 4.69) is 30.9 Å². The largest absolute Gasteiger partial charge is 0.481 e. The molecule has 0 saturated heterocycles. The number of methoxy groups -OCH3 is 1. The van der Waals surface area contributed by atoms with Crippen LogP contribution in [0.3, 0.4) is 0 Å². The van der Waals surface area contributed by atoms with Gasteiger partial charge in [-0.2, -0.15) is 0 Å². The van der Waals surface area contributed by atoms with Crippen molar-refractivity contribution in [1.29, 1.82) is 0 Å². The molecule has 0 bridgehead atoms. The van der Waals surface area contributed by atoms with E-state index in [4.69, 9.17) is 28.6 Å². The molecule has 0 amide bonds. The second-order valence-corrected chi connectivity index (χ2v) is 6.47. The number of pyridine rings is 1. The summed E-state index contributed by atoms with van der Waals surface area (Å²) < 4.78 is 5.05. The summed E-state index contributed by atoms with van der Waals surface area (Å²) in [6, 6.07) is 9.33. The molecular weight excluding hydrogens is 384 g/mol.